The van der Waals surface area contributed by atoms with E-state index >= 15 is 0 Å². The second kappa shape index (κ2) is 12.9. The molecule has 0 aliphatic heterocycles. The zero-order chi connectivity index (χ0) is 31.4. The van der Waals surface area contributed by atoms with Crippen LogP contribution in [0.2, 0.25) is 5.02 Å². The van der Waals surface area contributed by atoms with Gasteiger partial charge in [0.2, 0.25) is 0 Å². The van der Waals surface area contributed by atoms with Gasteiger partial charge in [-0.15, -0.1) is 0 Å². The average Bonchev–Trinajstić information content (AvgIpc) is 2.99. The highest BCUT2D eigenvalue weighted by molar-refractivity contribution is 6.30. The van der Waals surface area contributed by atoms with E-state index in [2.05, 4.69) is 0 Å². The molecule has 0 radical (unpaired) electrons. The predicted molar refractivity (Wildman–Crippen MR) is 157 cm³/mol. The quantitative estimate of drug-likeness (QED) is 0.174. The number of carbonyl (C=O) groups excluding carboxylic acids is 3. The fraction of sp³-hybridized carbons (Fsp3) is 0.206. The maximum Gasteiger partial charge on any atom is 0.416 e. The molecule has 10 heteroatoms. The van der Waals surface area contributed by atoms with Crippen LogP contribution in [-0.2, 0) is 20.6 Å². The number of hydrogen-bond donors (Lipinski definition) is 0. The average molecular weight is 623 g/mol. The maximum absolute atomic E-state index is 13.2. The first kappa shape index (κ1) is 30.8. The molecule has 1 atom stereocenters. The Morgan fingerprint density at radius 1 is 0.750 bits per heavy atom. The first-order chi connectivity index (χ1) is 21.0. The lowest BCUT2D eigenvalue weighted by Crippen LogP contribution is -2.43. The SMILES string of the molecule is CC(Oc1ccc(Oc2ccc(C(F)(F)F)cc2)cc1)C(=O)C1C(=O)CC(c2cccc(Oc3ccc(Cl)cc3)c2)CC1=O. The maximum atomic E-state index is 13.2. The normalized spacial score (nSPS) is 17.6. The smallest absolute Gasteiger partial charge is 0.416 e. The molecule has 4 aromatic rings. The molecule has 0 bridgehead atoms. The van der Waals surface area contributed by atoms with Crippen LogP contribution in [0.5, 0.6) is 28.7 Å². The van der Waals surface area contributed by atoms with Crippen LogP contribution < -0.4 is 14.2 Å². The van der Waals surface area contributed by atoms with Crippen LogP contribution in [0.4, 0.5) is 13.2 Å². The highest BCUT2D eigenvalue weighted by Crippen LogP contribution is 2.36. The molecule has 1 unspecified atom stereocenters. The van der Waals surface area contributed by atoms with Gasteiger partial charge in [-0.3, -0.25) is 14.4 Å². The summed E-state index contributed by atoms with van der Waals surface area (Å²) in [5.74, 6) is -1.37. The summed E-state index contributed by atoms with van der Waals surface area (Å²) < 4.78 is 55.4. The van der Waals surface area contributed by atoms with E-state index in [1.807, 2.05) is 6.07 Å². The monoisotopic (exact) mass is 622 g/mol. The van der Waals surface area contributed by atoms with Crippen molar-refractivity contribution in [1.82, 2.24) is 0 Å². The Hall–Kier alpha value is -4.63. The fourth-order valence-corrected chi connectivity index (χ4v) is 5.05. The van der Waals surface area contributed by atoms with Crippen molar-refractivity contribution < 1.29 is 41.8 Å². The first-order valence-corrected chi connectivity index (χ1v) is 14.1. The van der Waals surface area contributed by atoms with Crippen molar-refractivity contribution in [3.05, 3.63) is 113 Å². The Morgan fingerprint density at radius 2 is 1.25 bits per heavy atom. The molecule has 0 amide bonds. The molecule has 5 rings (SSSR count). The predicted octanol–water partition coefficient (Wildman–Crippen LogP) is 8.61. The van der Waals surface area contributed by atoms with E-state index in [0.717, 1.165) is 17.7 Å². The number of halogens is 4. The number of benzene rings is 4. The van der Waals surface area contributed by atoms with E-state index in [1.54, 1.807) is 42.5 Å². The molecule has 1 saturated carbocycles. The molecule has 44 heavy (non-hydrogen) atoms. The Bertz CT molecular complexity index is 1630. The van der Waals surface area contributed by atoms with E-state index in [1.165, 1.54) is 43.3 Å². The Morgan fingerprint density at radius 3 is 1.82 bits per heavy atom. The lowest BCUT2D eigenvalue weighted by Gasteiger charge is -2.27. The molecule has 0 saturated heterocycles. The Kier molecular flexibility index (Phi) is 9.06. The number of ether oxygens (including phenoxy) is 3. The van der Waals surface area contributed by atoms with Gasteiger partial charge in [0.15, 0.2) is 23.5 Å². The summed E-state index contributed by atoms with van der Waals surface area (Å²) >= 11 is 5.93. The van der Waals surface area contributed by atoms with Crippen LogP contribution in [0, 0.1) is 5.92 Å². The number of Topliss-reactive ketones (excluding diaryl/α,β-unsaturated/α-hetero) is 3. The minimum absolute atomic E-state index is 0.0231. The van der Waals surface area contributed by atoms with Crippen LogP contribution in [-0.4, -0.2) is 23.5 Å². The third kappa shape index (κ3) is 7.47. The van der Waals surface area contributed by atoms with Crippen molar-refractivity contribution in [2.75, 3.05) is 0 Å². The second-order valence-electron chi connectivity index (χ2n) is 10.4. The van der Waals surface area contributed by atoms with Crippen molar-refractivity contribution in [3.63, 3.8) is 0 Å². The number of alkyl halides is 3. The van der Waals surface area contributed by atoms with Gasteiger partial charge in [-0.2, -0.15) is 13.2 Å². The number of hydrogen-bond acceptors (Lipinski definition) is 6. The van der Waals surface area contributed by atoms with E-state index in [-0.39, 0.29) is 30.3 Å². The zero-order valence-corrected chi connectivity index (χ0v) is 24.1. The Balaban J connectivity index is 1.17. The van der Waals surface area contributed by atoms with Crippen LogP contribution in [0.1, 0.15) is 36.8 Å². The van der Waals surface area contributed by atoms with Crippen molar-refractivity contribution in [3.8, 4) is 28.7 Å². The molecule has 226 valence electrons. The third-order valence-electron chi connectivity index (χ3n) is 7.16. The zero-order valence-electron chi connectivity index (χ0n) is 23.3. The summed E-state index contributed by atoms with van der Waals surface area (Å²) in [5, 5.41) is 0.580. The molecular weight excluding hydrogens is 597 g/mol. The number of rotatable bonds is 9. The van der Waals surface area contributed by atoms with Gasteiger partial charge in [0, 0.05) is 17.9 Å². The fourth-order valence-electron chi connectivity index (χ4n) is 4.93. The van der Waals surface area contributed by atoms with Gasteiger partial charge >= 0.3 is 6.18 Å². The summed E-state index contributed by atoms with van der Waals surface area (Å²) in [6.07, 6.45) is -5.48. The topological polar surface area (TPSA) is 78.9 Å². The van der Waals surface area contributed by atoms with Crippen molar-refractivity contribution in [2.24, 2.45) is 5.92 Å². The lowest BCUT2D eigenvalue weighted by atomic mass is 9.74. The number of ketones is 3. The standard InChI is InChI=1S/C34H26ClF3O6/c1-20(42-25-13-15-28(16-14-25)43-26-9-5-23(6-10-26)34(36,37)38)33(41)32-30(39)18-22(19-31(32)40)21-3-2-4-29(17-21)44-27-11-7-24(35)8-12-27/h2-17,20,22,32H,18-19H2,1H3. The highest BCUT2D eigenvalue weighted by Gasteiger charge is 2.42. The lowest BCUT2D eigenvalue weighted by molar-refractivity contribution is -0.145. The summed E-state index contributed by atoms with van der Waals surface area (Å²) in [6, 6.07) is 24.4. The molecule has 1 fully saturated rings. The van der Waals surface area contributed by atoms with Crippen LogP contribution in [0.3, 0.4) is 0 Å². The van der Waals surface area contributed by atoms with Gasteiger partial charge in [-0.25, -0.2) is 0 Å². The summed E-state index contributed by atoms with van der Waals surface area (Å²) in [5.41, 5.74) is -0.0290. The van der Waals surface area contributed by atoms with E-state index < -0.39 is 41.1 Å². The Labute approximate surface area is 256 Å². The second-order valence-corrected chi connectivity index (χ2v) is 10.8. The molecule has 0 N–H and O–H groups in total. The molecule has 0 spiro atoms. The van der Waals surface area contributed by atoms with Crippen LogP contribution in [0.25, 0.3) is 0 Å². The van der Waals surface area contributed by atoms with Crippen molar-refractivity contribution >= 4 is 29.0 Å². The van der Waals surface area contributed by atoms with Crippen LogP contribution >= 0.6 is 11.6 Å². The molecule has 4 aromatic carbocycles. The van der Waals surface area contributed by atoms with E-state index in [9.17, 15) is 27.6 Å². The molecule has 0 heterocycles. The summed E-state index contributed by atoms with van der Waals surface area (Å²) in [4.78, 5) is 39.3. The first-order valence-electron chi connectivity index (χ1n) is 13.7. The minimum atomic E-state index is -4.44. The summed E-state index contributed by atoms with van der Waals surface area (Å²) in [7, 11) is 0. The molecule has 6 nitrogen and oxygen atoms in total. The van der Waals surface area contributed by atoms with Gasteiger partial charge < -0.3 is 14.2 Å². The van der Waals surface area contributed by atoms with Gasteiger partial charge in [-0.05, 0) is 103 Å². The molecule has 1 aliphatic rings. The van der Waals surface area contributed by atoms with Crippen molar-refractivity contribution in [1.29, 1.82) is 0 Å². The van der Waals surface area contributed by atoms with Gasteiger partial charge in [0.25, 0.3) is 0 Å². The highest BCUT2D eigenvalue weighted by atomic mass is 35.5. The molecular formula is C34H26ClF3O6. The third-order valence-corrected chi connectivity index (χ3v) is 7.41. The largest absolute Gasteiger partial charge is 0.483 e. The van der Waals surface area contributed by atoms with Gasteiger partial charge in [0.1, 0.15) is 34.7 Å². The molecule has 1 aliphatic carbocycles. The van der Waals surface area contributed by atoms with E-state index in [4.69, 9.17) is 25.8 Å². The molecule has 0 aromatic heterocycles. The number of carbonyl (C=O) groups is 3. The summed E-state index contributed by atoms with van der Waals surface area (Å²) in [6.45, 7) is 1.47. The minimum Gasteiger partial charge on any atom is -0.483 e. The van der Waals surface area contributed by atoms with E-state index in [0.29, 0.717) is 22.3 Å². The van der Waals surface area contributed by atoms with Gasteiger partial charge in [0.05, 0.1) is 5.56 Å². The van der Waals surface area contributed by atoms with Gasteiger partial charge in [-0.1, -0.05) is 23.7 Å². The van der Waals surface area contributed by atoms with Crippen LogP contribution in [0.15, 0.2) is 97.1 Å². The van der Waals surface area contributed by atoms with Crippen molar-refractivity contribution in [2.45, 2.75) is 38.0 Å².